The first-order valence-electron chi connectivity index (χ1n) is 8.96. The molecule has 0 saturated carbocycles. The quantitative estimate of drug-likeness (QED) is 0.836. The highest BCUT2D eigenvalue weighted by molar-refractivity contribution is 5.86. The number of piperidine rings is 2. The summed E-state index contributed by atoms with van der Waals surface area (Å²) in [5, 5.41) is 11.0. The molecule has 5 nitrogen and oxygen atoms in total. The molecule has 1 amide bonds. The van der Waals surface area contributed by atoms with Crippen LogP contribution in [0.15, 0.2) is 0 Å². The summed E-state index contributed by atoms with van der Waals surface area (Å²) in [6.07, 6.45) is 3.65. The van der Waals surface area contributed by atoms with Crippen LogP contribution in [0.25, 0.3) is 0 Å². The van der Waals surface area contributed by atoms with Crippen LogP contribution in [0.2, 0.25) is 0 Å². The molecule has 2 fully saturated rings. The van der Waals surface area contributed by atoms with Crippen molar-refractivity contribution in [3.8, 4) is 0 Å². The van der Waals surface area contributed by atoms with Crippen molar-refractivity contribution < 1.29 is 14.6 Å². The van der Waals surface area contributed by atoms with Crippen molar-refractivity contribution in [3.05, 3.63) is 0 Å². The van der Waals surface area contributed by atoms with Crippen LogP contribution in [0.5, 0.6) is 0 Å². The third-order valence-electron chi connectivity index (χ3n) is 4.96. The van der Waals surface area contributed by atoms with E-state index in [4.69, 9.17) is 4.74 Å². The molecule has 0 aliphatic carbocycles. The minimum absolute atomic E-state index is 0.0619. The Morgan fingerprint density at radius 2 is 1.91 bits per heavy atom. The molecule has 2 aliphatic rings. The van der Waals surface area contributed by atoms with E-state index in [0.29, 0.717) is 25.4 Å². The Balaban J connectivity index is 1.91. The molecule has 0 aromatic carbocycles. The van der Waals surface area contributed by atoms with Crippen molar-refractivity contribution >= 4 is 5.91 Å². The number of likely N-dealkylation sites (tertiary alicyclic amines) is 2. The van der Waals surface area contributed by atoms with Gasteiger partial charge in [0.1, 0.15) is 0 Å². The fourth-order valence-electron chi connectivity index (χ4n) is 3.85. The Bertz CT molecular complexity index is 400. The maximum absolute atomic E-state index is 12.8. The lowest BCUT2D eigenvalue weighted by molar-refractivity contribution is -0.161. The first kappa shape index (κ1) is 18.7. The molecule has 23 heavy (non-hydrogen) atoms. The molecule has 2 aliphatic heterocycles. The molecule has 2 rings (SSSR count). The molecule has 0 aromatic heterocycles. The summed E-state index contributed by atoms with van der Waals surface area (Å²) in [4.78, 5) is 16.9. The van der Waals surface area contributed by atoms with E-state index in [-0.39, 0.29) is 11.3 Å². The van der Waals surface area contributed by atoms with Gasteiger partial charge in [-0.2, -0.15) is 0 Å². The molecule has 0 unspecified atom stereocenters. The average molecular weight is 326 g/mol. The normalized spacial score (nSPS) is 28.4. The molecular formula is C18H34N2O3. The molecule has 2 heterocycles. The fraction of sp³-hybridized carbons (Fsp3) is 0.944. The third kappa shape index (κ3) is 5.16. The highest BCUT2D eigenvalue weighted by Crippen LogP contribution is 2.28. The monoisotopic (exact) mass is 326 g/mol. The van der Waals surface area contributed by atoms with Gasteiger partial charge < -0.3 is 14.7 Å². The van der Waals surface area contributed by atoms with Gasteiger partial charge in [-0.1, -0.05) is 20.8 Å². The zero-order chi connectivity index (χ0) is 17.1. The zero-order valence-corrected chi connectivity index (χ0v) is 15.3. The van der Waals surface area contributed by atoms with E-state index in [9.17, 15) is 9.90 Å². The fourth-order valence-corrected chi connectivity index (χ4v) is 3.85. The number of hydrogen-bond acceptors (Lipinski definition) is 4. The first-order valence-corrected chi connectivity index (χ1v) is 8.96. The highest BCUT2D eigenvalue weighted by atomic mass is 16.5. The lowest BCUT2D eigenvalue weighted by Crippen LogP contribution is -2.60. The predicted octanol–water partition coefficient (Wildman–Crippen LogP) is 1.74. The average Bonchev–Trinajstić information content (AvgIpc) is 2.45. The summed E-state index contributed by atoms with van der Waals surface area (Å²) in [7, 11) is 1.75. The van der Waals surface area contributed by atoms with Crippen LogP contribution >= 0.6 is 0 Å². The second-order valence-corrected chi connectivity index (χ2v) is 8.60. The van der Waals surface area contributed by atoms with E-state index < -0.39 is 5.60 Å². The van der Waals surface area contributed by atoms with Gasteiger partial charge in [0.2, 0.25) is 0 Å². The van der Waals surface area contributed by atoms with Crippen LogP contribution < -0.4 is 0 Å². The Morgan fingerprint density at radius 1 is 1.26 bits per heavy atom. The second kappa shape index (κ2) is 7.49. The largest absolute Gasteiger partial charge is 0.384 e. The summed E-state index contributed by atoms with van der Waals surface area (Å²) in [6, 6.07) is 0. The number of rotatable bonds is 5. The molecule has 0 radical (unpaired) electrons. The highest BCUT2D eigenvalue weighted by Gasteiger charge is 2.44. The van der Waals surface area contributed by atoms with Gasteiger partial charge in [-0.3, -0.25) is 9.69 Å². The van der Waals surface area contributed by atoms with Crippen LogP contribution in [0.1, 0.15) is 46.5 Å². The van der Waals surface area contributed by atoms with Crippen LogP contribution in [0.3, 0.4) is 0 Å². The predicted molar refractivity (Wildman–Crippen MR) is 91.3 cm³/mol. The van der Waals surface area contributed by atoms with Gasteiger partial charge in [-0.25, -0.2) is 0 Å². The van der Waals surface area contributed by atoms with E-state index in [1.165, 1.54) is 0 Å². The van der Waals surface area contributed by atoms with Crippen LogP contribution in [0, 0.1) is 11.3 Å². The van der Waals surface area contributed by atoms with E-state index >= 15 is 0 Å². The minimum atomic E-state index is -1.20. The van der Waals surface area contributed by atoms with Gasteiger partial charge in [-0.05, 0) is 50.1 Å². The lowest BCUT2D eigenvalue weighted by atomic mass is 9.87. The lowest BCUT2D eigenvalue weighted by Gasteiger charge is -2.43. The summed E-state index contributed by atoms with van der Waals surface area (Å²) in [5.74, 6) is 0.544. The number of β-amino-alcohol motifs (C(OH)–C–C–N with tert-alkyl or cyclic N) is 1. The van der Waals surface area contributed by atoms with Crippen LogP contribution in [-0.4, -0.2) is 72.9 Å². The van der Waals surface area contributed by atoms with Crippen molar-refractivity contribution in [1.29, 1.82) is 0 Å². The number of hydrogen-bond donors (Lipinski definition) is 1. The van der Waals surface area contributed by atoms with Crippen LogP contribution in [0.4, 0.5) is 0 Å². The molecule has 0 bridgehead atoms. The topological polar surface area (TPSA) is 53.0 Å². The Hall–Kier alpha value is -0.650. The smallest absolute Gasteiger partial charge is 0.255 e. The van der Waals surface area contributed by atoms with Crippen molar-refractivity contribution in [3.63, 3.8) is 0 Å². The molecule has 1 atom stereocenters. The van der Waals surface area contributed by atoms with E-state index in [1.54, 1.807) is 7.11 Å². The maximum Gasteiger partial charge on any atom is 0.255 e. The number of methoxy groups -OCH3 is 1. The summed E-state index contributed by atoms with van der Waals surface area (Å²) in [5.41, 5.74) is -1.13. The van der Waals surface area contributed by atoms with Crippen LogP contribution in [-0.2, 0) is 9.53 Å². The van der Waals surface area contributed by atoms with Crippen molar-refractivity contribution in [2.45, 2.75) is 52.1 Å². The number of carbonyl (C=O) groups is 1. The maximum atomic E-state index is 12.8. The number of nitrogens with zero attached hydrogens (tertiary/aromatic N) is 2. The van der Waals surface area contributed by atoms with Gasteiger partial charge in [0, 0.05) is 33.4 Å². The molecule has 0 spiro atoms. The number of ether oxygens (including phenoxy) is 1. The standard InChI is InChI=1S/C18H34N2O3/c1-17(2,3)13-20-9-5-8-18(22,16(20)21)14-19-10-6-15(7-11-19)12-23-4/h15,22H,5-14H2,1-4H3/t18-/m0/s1. The van der Waals surface area contributed by atoms with Gasteiger partial charge in [-0.15, -0.1) is 0 Å². The summed E-state index contributed by atoms with van der Waals surface area (Å²) in [6.45, 7) is 11.1. The minimum Gasteiger partial charge on any atom is -0.384 e. The molecular weight excluding hydrogens is 292 g/mol. The van der Waals surface area contributed by atoms with E-state index in [0.717, 1.165) is 45.5 Å². The van der Waals surface area contributed by atoms with E-state index in [2.05, 4.69) is 25.7 Å². The van der Waals surface area contributed by atoms with Gasteiger partial charge >= 0.3 is 0 Å². The van der Waals surface area contributed by atoms with Gasteiger partial charge in [0.05, 0.1) is 0 Å². The molecule has 134 valence electrons. The van der Waals surface area contributed by atoms with Crippen molar-refractivity contribution in [2.75, 3.05) is 46.4 Å². The summed E-state index contributed by atoms with van der Waals surface area (Å²) >= 11 is 0. The number of amides is 1. The molecule has 2 saturated heterocycles. The molecule has 0 aromatic rings. The Morgan fingerprint density at radius 3 is 2.48 bits per heavy atom. The first-order chi connectivity index (χ1) is 10.7. The number of aliphatic hydroxyl groups is 1. The van der Waals surface area contributed by atoms with Crippen molar-refractivity contribution in [1.82, 2.24) is 9.80 Å². The Kier molecular flexibility index (Phi) is 6.09. The Labute approximate surface area is 141 Å². The summed E-state index contributed by atoms with van der Waals surface area (Å²) < 4.78 is 5.24. The third-order valence-corrected chi connectivity index (χ3v) is 4.96. The van der Waals surface area contributed by atoms with E-state index in [1.807, 2.05) is 4.90 Å². The van der Waals surface area contributed by atoms with Crippen molar-refractivity contribution in [2.24, 2.45) is 11.3 Å². The van der Waals surface area contributed by atoms with Gasteiger partial charge in [0.25, 0.3) is 5.91 Å². The number of carbonyl (C=O) groups excluding carboxylic acids is 1. The molecule has 1 N–H and O–H groups in total. The molecule has 5 heteroatoms. The zero-order valence-electron chi connectivity index (χ0n) is 15.3. The second-order valence-electron chi connectivity index (χ2n) is 8.60. The van der Waals surface area contributed by atoms with Gasteiger partial charge in [0.15, 0.2) is 5.60 Å². The SMILES string of the molecule is COCC1CCN(C[C@@]2(O)CCCN(CC(C)(C)C)C2=O)CC1.